The third-order valence-electron chi connectivity index (χ3n) is 5.31. The Morgan fingerprint density at radius 2 is 1.97 bits per heavy atom. The molecule has 1 amide bonds. The molecular weight excluding hydrogens is 372 g/mol. The third kappa shape index (κ3) is 4.90. The fourth-order valence-electron chi connectivity index (χ4n) is 3.74. The normalized spacial score (nSPS) is 17.2. The predicted octanol–water partition coefficient (Wildman–Crippen LogP) is 2.42. The molecule has 4 heterocycles. The Balaban J connectivity index is 1.39. The van der Waals surface area contributed by atoms with Gasteiger partial charge in [0, 0.05) is 55.9 Å². The van der Waals surface area contributed by atoms with Crippen LogP contribution < -0.4 is 4.90 Å². The maximum absolute atomic E-state index is 11.4. The van der Waals surface area contributed by atoms with E-state index in [-0.39, 0.29) is 0 Å². The maximum Gasteiger partial charge on any atom is 0.413 e. The fourth-order valence-corrected chi connectivity index (χ4v) is 3.74. The first-order chi connectivity index (χ1) is 14.2. The number of aromatic nitrogens is 2. The molecule has 4 rings (SSSR count). The van der Waals surface area contributed by atoms with Crippen molar-refractivity contribution in [2.24, 2.45) is 0 Å². The van der Waals surface area contributed by atoms with Crippen molar-refractivity contribution in [2.75, 3.05) is 50.9 Å². The first-order valence-corrected chi connectivity index (χ1v) is 10.0. The topological polar surface area (TPSA) is 88.0 Å². The van der Waals surface area contributed by atoms with Crippen molar-refractivity contribution in [1.82, 2.24) is 14.9 Å². The van der Waals surface area contributed by atoms with Gasteiger partial charge in [-0.25, -0.2) is 9.78 Å². The van der Waals surface area contributed by atoms with E-state index in [1.54, 1.807) is 12.4 Å². The average molecular weight is 398 g/mol. The van der Waals surface area contributed by atoms with Crippen LogP contribution in [0.3, 0.4) is 0 Å². The molecule has 2 aromatic heterocycles. The number of aryl methyl sites for hydroxylation is 1. The van der Waals surface area contributed by atoms with Crippen molar-refractivity contribution in [3.63, 3.8) is 0 Å². The number of pyridine rings is 2. The smallest absolute Gasteiger partial charge is 0.413 e. The number of hydrogen-bond acceptors (Lipinski definition) is 6. The van der Waals surface area contributed by atoms with Crippen molar-refractivity contribution in [2.45, 2.75) is 19.4 Å². The molecule has 8 nitrogen and oxygen atoms in total. The van der Waals surface area contributed by atoms with Crippen LogP contribution in [0.5, 0.6) is 0 Å². The zero-order chi connectivity index (χ0) is 20.1. The zero-order valence-electron chi connectivity index (χ0n) is 16.4. The Bertz CT molecular complexity index is 854. The van der Waals surface area contributed by atoms with Gasteiger partial charge in [0.05, 0.1) is 26.4 Å². The van der Waals surface area contributed by atoms with E-state index in [4.69, 9.17) is 9.47 Å². The Hall–Kier alpha value is -2.55. The van der Waals surface area contributed by atoms with Crippen LogP contribution in [0.15, 0.2) is 30.7 Å². The summed E-state index contributed by atoms with van der Waals surface area (Å²) in [5, 5.41) is 9.35. The summed E-state index contributed by atoms with van der Waals surface area (Å²) in [6.45, 7) is 6.11. The lowest BCUT2D eigenvalue weighted by Crippen LogP contribution is -2.38. The molecule has 0 spiro atoms. The standard InChI is InChI=1S/C21H26N4O4/c26-21(27)25-3-1-2-17-11-19(14-23-20(17)25)18-10-16(12-22-13-18)15-29-9-6-24-4-7-28-8-5-24/h10-14H,1-9,15H2,(H,26,27). The zero-order valence-corrected chi connectivity index (χ0v) is 16.4. The highest BCUT2D eigenvalue weighted by Crippen LogP contribution is 2.29. The van der Waals surface area contributed by atoms with Crippen LogP contribution in [-0.2, 0) is 22.5 Å². The third-order valence-corrected chi connectivity index (χ3v) is 5.31. The SMILES string of the molecule is O=C(O)N1CCCc2cc(-c3cncc(COCCN4CCOCC4)c3)cnc21. The van der Waals surface area contributed by atoms with Gasteiger partial charge in [-0.05, 0) is 36.1 Å². The summed E-state index contributed by atoms with van der Waals surface area (Å²) in [4.78, 5) is 23.8. The second kappa shape index (κ2) is 9.30. The van der Waals surface area contributed by atoms with E-state index in [0.717, 1.165) is 67.9 Å². The Kier molecular flexibility index (Phi) is 6.33. The molecule has 2 aliphatic heterocycles. The van der Waals surface area contributed by atoms with Crippen molar-refractivity contribution in [3.8, 4) is 11.1 Å². The lowest BCUT2D eigenvalue weighted by molar-refractivity contribution is 0.0180. The Morgan fingerprint density at radius 1 is 1.14 bits per heavy atom. The molecule has 0 aliphatic carbocycles. The van der Waals surface area contributed by atoms with Gasteiger partial charge < -0.3 is 14.6 Å². The van der Waals surface area contributed by atoms with Gasteiger partial charge in [-0.2, -0.15) is 0 Å². The van der Waals surface area contributed by atoms with E-state index in [9.17, 15) is 9.90 Å². The minimum atomic E-state index is -0.955. The van der Waals surface area contributed by atoms with E-state index in [0.29, 0.717) is 25.6 Å². The number of nitrogens with zero attached hydrogens (tertiary/aromatic N) is 4. The van der Waals surface area contributed by atoms with Gasteiger partial charge in [0.1, 0.15) is 5.82 Å². The highest BCUT2D eigenvalue weighted by atomic mass is 16.5. The molecule has 0 unspecified atom stereocenters. The number of morpholine rings is 1. The molecule has 2 aromatic rings. The number of anilines is 1. The van der Waals surface area contributed by atoms with Crippen molar-refractivity contribution in [1.29, 1.82) is 0 Å². The highest BCUT2D eigenvalue weighted by Gasteiger charge is 2.23. The number of carbonyl (C=O) groups is 1. The lowest BCUT2D eigenvalue weighted by Gasteiger charge is -2.26. The highest BCUT2D eigenvalue weighted by molar-refractivity contribution is 5.86. The van der Waals surface area contributed by atoms with Crippen molar-refractivity contribution >= 4 is 11.9 Å². The second-order valence-electron chi connectivity index (χ2n) is 7.33. The van der Waals surface area contributed by atoms with Crippen LogP contribution in [0, 0.1) is 0 Å². The first kappa shape index (κ1) is 19.8. The largest absolute Gasteiger partial charge is 0.465 e. The summed E-state index contributed by atoms with van der Waals surface area (Å²) in [6, 6.07) is 4.08. The fraction of sp³-hybridized carbons (Fsp3) is 0.476. The van der Waals surface area contributed by atoms with Crippen LogP contribution >= 0.6 is 0 Å². The molecule has 1 fully saturated rings. The summed E-state index contributed by atoms with van der Waals surface area (Å²) in [5.41, 5.74) is 3.87. The van der Waals surface area contributed by atoms with Crippen LogP contribution in [0.4, 0.5) is 10.6 Å². The van der Waals surface area contributed by atoms with Gasteiger partial charge in [0.2, 0.25) is 0 Å². The van der Waals surface area contributed by atoms with Gasteiger partial charge in [0.25, 0.3) is 0 Å². The molecule has 29 heavy (non-hydrogen) atoms. The quantitative estimate of drug-likeness (QED) is 0.748. The van der Waals surface area contributed by atoms with Crippen molar-refractivity contribution in [3.05, 3.63) is 41.9 Å². The van der Waals surface area contributed by atoms with Crippen LogP contribution in [0.1, 0.15) is 17.5 Å². The molecule has 154 valence electrons. The molecule has 8 heteroatoms. The molecule has 1 N–H and O–H groups in total. The Morgan fingerprint density at radius 3 is 2.79 bits per heavy atom. The van der Waals surface area contributed by atoms with Gasteiger partial charge in [-0.1, -0.05) is 0 Å². The molecule has 1 saturated heterocycles. The number of carboxylic acid groups (broad SMARTS) is 1. The number of fused-ring (bicyclic) bond motifs is 1. The van der Waals surface area contributed by atoms with Crippen LogP contribution in [-0.4, -0.2) is 72.1 Å². The molecule has 0 saturated carbocycles. The number of rotatable bonds is 6. The predicted molar refractivity (Wildman–Crippen MR) is 108 cm³/mol. The summed E-state index contributed by atoms with van der Waals surface area (Å²) in [6.07, 6.45) is 6.02. The van der Waals surface area contributed by atoms with E-state index in [1.807, 2.05) is 12.3 Å². The number of hydrogen-bond donors (Lipinski definition) is 1. The van der Waals surface area contributed by atoms with Gasteiger partial charge in [-0.3, -0.25) is 14.8 Å². The summed E-state index contributed by atoms with van der Waals surface area (Å²) in [5.74, 6) is 0.544. The second-order valence-corrected chi connectivity index (χ2v) is 7.33. The van der Waals surface area contributed by atoms with E-state index < -0.39 is 6.09 Å². The minimum absolute atomic E-state index is 0.494. The van der Waals surface area contributed by atoms with Gasteiger partial charge in [0.15, 0.2) is 0 Å². The van der Waals surface area contributed by atoms with Crippen LogP contribution in [0.25, 0.3) is 11.1 Å². The number of ether oxygens (including phenoxy) is 2. The van der Waals surface area contributed by atoms with Gasteiger partial charge >= 0.3 is 6.09 Å². The minimum Gasteiger partial charge on any atom is -0.465 e. The molecular formula is C21H26N4O4. The van der Waals surface area contributed by atoms with Crippen LogP contribution in [0.2, 0.25) is 0 Å². The molecule has 0 atom stereocenters. The van der Waals surface area contributed by atoms with E-state index in [1.165, 1.54) is 4.90 Å². The Labute approximate surface area is 170 Å². The molecule has 0 radical (unpaired) electrons. The molecule has 0 bridgehead atoms. The number of amides is 1. The summed E-state index contributed by atoms with van der Waals surface area (Å²) in [7, 11) is 0. The van der Waals surface area contributed by atoms with Crippen molar-refractivity contribution < 1.29 is 19.4 Å². The lowest BCUT2D eigenvalue weighted by atomic mass is 10.0. The van der Waals surface area contributed by atoms with Gasteiger partial charge in [-0.15, -0.1) is 0 Å². The first-order valence-electron chi connectivity index (χ1n) is 10.0. The van der Waals surface area contributed by atoms with E-state index >= 15 is 0 Å². The maximum atomic E-state index is 11.4. The molecule has 0 aromatic carbocycles. The summed E-state index contributed by atoms with van der Waals surface area (Å²) >= 11 is 0. The summed E-state index contributed by atoms with van der Waals surface area (Å²) < 4.78 is 11.2. The van der Waals surface area contributed by atoms with E-state index in [2.05, 4.69) is 20.9 Å². The molecule has 2 aliphatic rings. The average Bonchev–Trinajstić information content (AvgIpc) is 2.77. The monoisotopic (exact) mass is 398 g/mol.